The van der Waals surface area contributed by atoms with Crippen molar-refractivity contribution in [2.75, 3.05) is 0 Å². The Labute approximate surface area is 105 Å². The molecule has 0 radical (unpaired) electrons. The molecule has 1 heteroatoms. The molecule has 2 aliphatic rings. The molecule has 0 spiro atoms. The Bertz CT molecular complexity index is 623. The molecule has 0 saturated heterocycles. The minimum atomic E-state index is 1.08. The lowest BCUT2D eigenvalue weighted by atomic mass is 10.2. The van der Waals surface area contributed by atoms with Crippen LogP contribution in [0, 0.1) is 11.8 Å². The molecule has 0 saturated carbocycles. The maximum Gasteiger partial charge on any atom is 0.0772 e. The van der Waals surface area contributed by atoms with Crippen molar-refractivity contribution >= 4 is 11.3 Å². The number of fused-ring (bicyclic) bond motifs is 1. The summed E-state index contributed by atoms with van der Waals surface area (Å²) in [6, 6.07) is 18.7. The summed E-state index contributed by atoms with van der Waals surface area (Å²) in [6.07, 6.45) is 0. The summed E-state index contributed by atoms with van der Waals surface area (Å²) in [4.78, 5) is 1.11. The molecule has 0 unspecified atom stereocenters. The molecule has 2 aliphatic carbocycles. The topological polar surface area (TPSA) is 0 Å². The molecule has 0 amide bonds. The van der Waals surface area contributed by atoms with Crippen LogP contribution in [0.15, 0.2) is 60.0 Å². The Hall–Kier alpha value is -2.04. The zero-order valence-electron chi connectivity index (χ0n) is 9.18. The van der Waals surface area contributed by atoms with Crippen molar-refractivity contribution < 1.29 is 0 Å². The van der Waals surface area contributed by atoms with Crippen LogP contribution < -0.4 is 0 Å². The van der Waals surface area contributed by atoms with Gasteiger partial charge >= 0.3 is 0 Å². The van der Waals surface area contributed by atoms with E-state index in [1.54, 1.807) is 11.3 Å². The van der Waals surface area contributed by atoms with E-state index in [-0.39, 0.29) is 0 Å². The third-order valence-corrected chi connectivity index (χ3v) is 3.37. The van der Waals surface area contributed by atoms with Gasteiger partial charge in [-0.05, 0) is 34.7 Å². The van der Waals surface area contributed by atoms with Crippen LogP contribution in [0.5, 0.6) is 0 Å². The predicted octanol–water partition coefficient (Wildman–Crippen LogP) is 4.25. The van der Waals surface area contributed by atoms with Gasteiger partial charge in [-0.25, -0.2) is 0 Å². The van der Waals surface area contributed by atoms with Crippen LogP contribution in [0.25, 0.3) is 11.1 Å². The molecule has 0 aliphatic heterocycles. The van der Waals surface area contributed by atoms with Gasteiger partial charge in [0.1, 0.15) is 0 Å². The molecule has 1 heterocycles. The van der Waals surface area contributed by atoms with E-state index < -0.39 is 0 Å². The summed E-state index contributed by atoms with van der Waals surface area (Å²) in [6.45, 7) is 0. The Morgan fingerprint density at radius 2 is 1.53 bits per heavy atom. The van der Waals surface area contributed by atoms with Gasteiger partial charge in [-0.15, -0.1) is 11.3 Å². The van der Waals surface area contributed by atoms with Gasteiger partial charge in [0, 0.05) is 5.56 Å². The van der Waals surface area contributed by atoms with E-state index >= 15 is 0 Å². The highest BCUT2D eigenvalue weighted by atomic mass is 32.1. The minimum Gasteiger partial charge on any atom is -0.135 e. The summed E-state index contributed by atoms with van der Waals surface area (Å²) < 4.78 is 0. The summed E-state index contributed by atoms with van der Waals surface area (Å²) in [5.74, 6) is 6.39. The minimum absolute atomic E-state index is 1.08. The second-order valence-corrected chi connectivity index (χ2v) is 4.74. The summed E-state index contributed by atoms with van der Waals surface area (Å²) in [5, 5.41) is 2.05. The predicted molar refractivity (Wildman–Crippen MR) is 73.4 cm³/mol. The fourth-order valence-electron chi connectivity index (χ4n) is 1.77. The van der Waals surface area contributed by atoms with Gasteiger partial charge in [0.15, 0.2) is 0 Å². The van der Waals surface area contributed by atoms with Crippen molar-refractivity contribution in [2.45, 2.75) is 0 Å². The zero-order chi connectivity index (χ0) is 11.5. The Morgan fingerprint density at radius 1 is 0.765 bits per heavy atom. The second-order valence-electron chi connectivity index (χ2n) is 3.79. The van der Waals surface area contributed by atoms with Gasteiger partial charge in [-0.3, -0.25) is 0 Å². The molecule has 0 atom stereocenters. The maximum atomic E-state index is 3.21. The fraction of sp³-hybridized carbons (Fsp3) is 0. The van der Waals surface area contributed by atoms with Crippen molar-refractivity contribution in [2.24, 2.45) is 0 Å². The number of hydrogen-bond acceptors (Lipinski definition) is 1. The average molecular weight is 234 g/mol. The van der Waals surface area contributed by atoms with E-state index in [9.17, 15) is 0 Å². The summed E-state index contributed by atoms with van der Waals surface area (Å²) >= 11 is 1.67. The Morgan fingerprint density at radius 3 is 2.18 bits per heavy atom. The quantitative estimate of drug-likeness (QED) is 0.510. The monoisotopic (exact) mass is 234 g/mol. The van der Waals surface area contributed by atoms with Crippen LogP contribution in [-0.2, 0) is 0 Å². The van der Waals surface area contributed by atoms with E-state index in [4.69, 9.17) is 0 Å². The highest BCUT2D eigenvalue weighted by molar-refractivity contribution is 7.10. The molecule has 0 aromatic carbocycles. The van der Waals surface area contributed by atoms with Crippen LogP contribution in [0.3, 0.4) is 0 Å². The van der Waals surface area contributed by atoms with Gasteiger partial charge in [0.2, 0.25) is 0 Å². The normalized spacial score (nSPS) is 9.88. The van der Waals surface area contributed by atoms with Crippen LogP contribution in [0.4, 0.5) is 0 Å². The van der Waals surface area contributed by atoms with Crippen molar-refractivity contribution in [1.29, 1.82) is 0 Å². The first-order chi connectivity index (χ1) is 8.42. The Balaban J connectivity index is 2.00. The number of hydrogen-bond donors (Lipinski definition) is 0. The zero-order valence-corrected chi connectivity index (χ0v) is 10.00. The molecule has 0 bridgehead atoms. The van der Waals surface area contributed by atoms with Crippen LogP contribution in [-0.4, -0.2) is 0 Å². The summed E-state index contributed by atoms with van der Waals surface area (Å²) in [5.41, 5.74) is 3.57. The largest absolute Gasteiger partial charge is 0.135 e. The van der Waals surface area contributed by atoms with Crippen molar-refractivity contribution in [3.63, 3.8) is 0 Å². The lowest BCUT2D eigenvalue weighted by Crippen LogP contribution is -1.64. The second kappa shape index (κ2) is 4.45. The highest BCUT2D eigenvalue weighted by Gasteiger charge is 2.01. The average Bonchev–Trinajstić information content (AvgIpc) is 2.93. The van der Waals surface area contributed by atoms with Crippen LogP contribution in [0.1, 0.15) is 10.4 Å². The third-order valence-electron chi connectivity index (χ3n) is 2.58. The molecule has 0 nitrogen and oxygen atoms in total. The first-order valence-corrected chi connectivity index (χ1v) is 6.34. The molecule has 0 N–H and O–H groups in total. The van der Waals surface area contributed by atoms with E-state index in [1.807, 2.05) is 23.6 Å². The number of thiophene rings is 1. The lowest BCUT2D eigenvalue weighted by Gasteiger charge is -1.85. The first kappa shape index (κ1) is 10.1. The van der Waals surface area contributed by atoms with Crippen molar-refractivity contribution in [3.8, 4) is 23.0 Å². The van der Waals surface area contributed by atoms with Gasteiger partial charge in [0.25, 0.3) is 0 Å². The van der Waals surface area contributed by atoms with E-state index in [1.165, 1.54) is 11.1 Å². The smallest absolute Gasteiger partial charge is 0.0772 e. The lowest BCUT2D eigenvalue weighted by molar-refractivity contribution is 1.81. The first-order valence-electron chi connectivity index (χ1n) is 5.46. The van der Waals surface area contributed by atoms with Crippen LogP contribution in [0.2, 0.25) is 0 Å². The molecular formula is C16H10S. The molecular weight excluding hydrogens is 224 g/mol. The summed E-state index contributed by atoms with van der Waals surface area (Å²) in [7, 11) is 0. The van der Waals surface area contributed by atoms with Gasteiger partial charge in [-0.2, -0.15) is 0 Å². The molecule has 1 aromatic rings. The van der Waals surface area contributed by atoms with Crippen LogP contribution >= 0.6 is 11.3 Å². The van der Waals surface area contributed by atoms with E-state index in [0.717, 1.165) is 10.4 Å². The van der Waals surface area contributed by atoms with E-state index in [2.05, 4.69) is 48.2 Å². The van der Waals surface area contributed by atoms with Crippen molar-refractivity contribution in [3.05, 3.63) is 70.4 Å². The van der Waals surface area contributed by atoms with Gasteiger partial charge < -0.3 is 0 Å². The molecule has 80 valence electrons. The third kappa shape index (κ3) is 2.22. The fourth-order valence-corrected chi connectivity index (χ4v) is 2.34. The molecule has 3 rings (SSSR count). The van der Waals surface area contributed by atoms with Gasteiger partial charge in [0.05, 0.1) is 4.88 Å². The maximum absolute atomic E-state index is 3.21. The molecule has 17 heavy (non-hydrogen) atoms. The van der Waals surface area contributed by atoms with E-state index in [0.29, 0.717) is 0 Å². The standard InChI is InChI=1S/C16H10S/c1-2-5-14-11-13(12-15(14)6-3-1)8-9-16-7-4-10-17-16/h1-7,10-12H. The molecule has 1 aromatic heterocycles. The molecule has 0 fully saturated rings. The van der Waals surface area contributed by atoms with Gasteiger partial charge in [-0.1, -0.05) is 48.2 Å². The SMILES string of the molecule is C(#Cc1cccs1)c1cc2cccccc-2c1. The van der Waals surface area contributed by atoms with Crippen molar-refractivity contribution in [1.82, 2.24) is 0 Å². The Kier molecular flexibility index (Phi) is 2.65. The highest BCUT2D eigenvalue weighted by Crippen LogP contribution is 2.24. The number of rotatable bonds is 0.